The van der Waals surface area contributed by atoms with E-state index >= 15 is 0 Å². The maximum atomic E-state index is 13.1. The molecule has 0 saturated carbocycles. The molecule has 28 heavy (non-hydrogen) atoms. The van der Waals surface area contributed by atoms with E-state index in [9.17, 15) is 8.42 Å². The average molecular weight is 398 g/mol. The van der Waals surface area contributed by atoms with Crippen molar-refractivity contribution < 1.29 is 13.2 Å². The third-order valence-corrected chi connectivity index (χ3v) is 7.65. The summed E-state index contributed by atoms with van der Waals surface area (Å²) in [6.07, 6.45) is 5.88. The first kappa shape index (κ1) is 17.6. The largest absolute Gasteiger partial charge is 0.493 e. The second kappa shape index (κ2) is 6.56. The first-order valence-electron chi connectivity index (χ1n) is 9.59. The molecule has 0 radical (unpaired) electrons. The molecule has 0 unspecified atom stereocenters. The third kappa shape index (κ3) is 2.87. The maximum Gasteiger partial charge on any atom is 0.243 e. The average Bonchev–Trinajstić information content (AvgIpc) is 3.35. The first-order chi connectivity index (χ1) is 13.5. The minimum absolute atomic E-state index is 0.256. The molecule has 1 saturated heterocycles. The molecule has 2 aromatic heterocycles. The minimum atomic E-state index is -3.48. The molecule has 1 fully saturated rings. The zero-order valence-electron chi connectivity index (χ0n) is 15.7. The fourth-order valence-electron chi connectivity index (χ4n) is 4.20. The van der Waals surface area contributed by atoms with Gasteiger partial charge in [0.15, 0.2) is 5.65 Å². The number of aryl methyl sites for hydroxylation is 1. The van der Waals surface area contributed by atoms with Gasteiger partial charge in [0.25, 0.3) is 0 Å². The number of aromatic nitrogens is 3. The number of sulfonamides is 1. The summed E-state index contributed by atoms with van der Waals surface area (Å²) in [5.41, 5.74) is 3.96. The molecule has 2 aliphatic rings. The molecule has 0 aliphatic carbocycles. The van der Waals surface area contributed by atoms with Crippen LogP contribution in [-0.4, -0.2) is 47.0 Å². The number of hydrogen-bond donors (Lipinski definition) is 0. The highest BCUT2D eigenvalue weighted by Crippen LogP contribution is 2.33. The maximum absolute atomic E-state index is 13.1. The normalized spacial score (nSPS) is 18.3. The molecular formula is C20H22N4O3S. The van der Waals surface area contributed by atoms with Gasteiger partial charge < -0.3 is 4.74 Å². The number of benzene rings is 1. The Morgan fingerprint density at radius 2 is 2.00 bits per heavy atom. The van der Waals surface area contributed by atoms with Gasteiger partial charge in [0.2, 0.25) is 10.0 Å². The zero-order valence-corrected chi connectivity index (χ0v) is 16.5. The summed E-state index contributed by atoms with van der Waals surface area (Å²) >= 11 is 0. The van der Waals surface area contributed by atoms with Crippen LogP contribution in [-0.2, 0) is 16.4 Å². The van der Waals surface area contributed by atoms with Crippen LogP contribution in [0.2, 0.25) is 0 Å². The van der Waals surface area contributed by atoms with E-state index in [1.807, 2.05) is 19.2 Å². The van der Waals surface area contributed by atoms with Crippen LogP contribution in [0.4, 0.5) is 0 Å². The highest BCUT2D eigenvalue weighted by molar-refractivity contribution is 7.89. The Labute approximate surface area is 164 Å². The van der Waals surface area contributed by atoms with Crippen LogP contribution >= 0.6 is 0 Å². The topological polar surface area (TPSA) is 76.8 Å². The number of ether oxygens (including phenoxy) is 1. The smallest absolute Gasteiger partial charge is 0.243 e. The van der Waals surface area contributed by atoms with E-state index < -0.39 is 10.0 Å². The van der Waals surface area contributed by atoms with Crippen LogP contribution in [0.5, 0.6) is 5.75 Å². The van der Waals surface area contributed by atoms with Crippen molar-refractivity contribution in [3.63, 3.8) is 0 Å². The Kier molecular flexibility index (Phi) is 4.13. The Morgan fingerprint density at radius 1 is 1.18 bits per heavy atom. The molecular weight excluding hydrogens is 376 g/mol. The quantitative estimate of drug-likeness (QED) is 0.678. The number of nitrogens with zero attached hydrogens (tertiary/aromatic N) is 4. The van der Waals surface area contributed by atoms with Gasteiger partial charge in [-0.25, -0.2) is 17.9 Å². The monoisotopic (exact) mass is 398 g/mol. The predicted molar refractivity (Wildman–Crippen MR) is 104 cm³/mol. The Balaban J connectivity index is 1.35. The van der Waals surface area contributed by atoms with Gasteiger partial charge in [-0.2, -0.15) is 9.40 Å². The van der Waals surface area contributed by atoms with Crippen LogP contribution < -0.4 is 4.74 Å². The molecule has 4 heterocycles. The number of imidazole rings is 1. The predicted octanol–water partition coefficient (Wildman–Crippen LogP) is 2.54. The van der Waals surface area contributed by atoms with Crippen molar-refractivity contribution in [3.8, 4) is 5.75 Å². The molecule has 0 bridgehead atoms. The van der Waals surface area contributed by atoms with Crippen LogP contribution in [0.3, 0.4) is 0 Å². The van der Waals surface area contributed by atoms with Gasteiger partial charge >= 0.3 is 0 Å². The van der Waals surface area contributed by atoms with E-state index in [1.165, 1.54) is 0 Å². The van der Waals surface area contributed by atoms with Crippen LogP contribution in [0.25, 0.3) is 5.65 Å². The van der Waals surface area contributed by atoms with E-state index in [0.29, 0.717) is 24.6 Å². The van der Waals surface area contributed by atoms with Gasteiger partial charge in [0, 0.05) is 37.8 Å². The van der Waals surface area contributed by atoms with Gasteiger partial charge in [0.05, 0.1) is 17.2 Å². The summed E-state index contributed by atoms with van der Waals surface area (Å²) in [5.74, 6) is 1.06. The van der Waals surface area contributed by atoms with E-state index in [1.54, 1.807) is 33.2 Å². The number of piperidine rings is 1. The Hall–Kier alpha value is -2.45. The number of hydrogen-bond acceptors (Lipinski definition) is 5. The summed E-state index contributed by atoms with van der Waals surface area (Å²) in [6, 6.07) is 7.24. The third-order valence-electron chi connectivity index (χ3n) is 5.75. The molecule has 1 aromatic carbocycles. The zero-order chi connectivity index (χ0) is 19.3. The molecule has 0 atom stereocenters. The lowest BCUT2D eigenvalue weighted by atomic mass is 9.92. The number of fused-ring (bicyclic) bond motifs is 2. The van der Waals surface area contributed by atoms with Crippen LogP contribution in [0, 0.1) is 6.92 Å². The van der Waals surface area contributed by atoms with Gasteiger partial charge in [-0.1, -0.05) is 0 Å². The van der Waals surface area contributed by atoms with Gasteiger partial charge in [0.1, 0.15) is 5.75 Å². The summed E-state index contributed by atoms with van der Waals surface area (Å²) in [5, 5.41) is 4.72. The highest BCUT2D eigenvalue weighted by Gasteiger charge is 2.32. The summed E-state index contributed by atoms with van der Waals surface area (Å²) in [7, 11) is -3.48. The van der Waals surface area contributed by atoms with Gasteiger partial charge in [-0.15, -0.1) is 0 Å². The van der Waals surface area contributed by atoms with Crippen molar-refractivity contribution in [3.05, 3.63) is 53.5 Å². The van der Waals surface area contributed by atoms with E-state index in [0.717, 1.165) is 47.5 Å². The highest BCUT2D eigenvalue weighted by atomic mass is 32.2. The molecule has 3 aromatic rings. The fourth-order valence-corrected chi connectivity index (χ4v) is 5.73. The number of rotatable bonds is 3. The lowest BCUT2D eigenvalue weighted by Crippen LogP contribution is -2.38. The molecule has 146 valence electrons. The van der Waals surface area contributed by atoms with Crippen molar-refractivity contribution >= 4 is 15.7 Å². The standard InChI is InChI=1S/C20H22N4O3S/c1-14-12-19-21-7-10-24(19)22-20(14)15-4-8-23(9-5-15)28(25,26)17-2-3-18-16(13-17)6-11-27-18/h2-3,7,10,12-13,15H,4-6,8-9,11H2,1H3. The van der Waals surface area contributed by atoms with Crippen molar-refractivity contribution in [2.45, 2.75) is 37.0 Å². The second-order valence-corrected chi connectivity index (χ2v) is 9.43. The van der Waals surface area contributed by atoms with Gasteiger partial charge in [-0.05, 0) is 55.2 Å². The fraction of sp³-hybridized carbons (Fsp3) is 0.400. The van der Waals surface area contributed by atoms with Crippen LogP contribution in [0.15, 0.2) is 41.6 Å². The lowest BCUT2D eigenvalue weighted by Gasteiger charge is -2.31. The summed E-state index contributed by atoms with van der Waals surface area (Å²) in [6.45, 7) is 3.68. The van der Waals surface area contributed by atoms with Crippen molar-refractivity contribution in [2.75, 3.05) is 19.7 Å². The minimum Gasteiger partial charge on any atom is -0.493 e. The lowest BCUT2D eigenvalue weighted by molar-refractivity contribution is 0.315. The van der Waals surface area contributed by atoms with Crippen molar-refractivity contribution in [2.24, 2.45) is 0 Å². The molecule has 5 rings (SSSR count). The van der Waals surface area contributed by atoms with E-state index in [4.69, 9.17) is 9.84 Å². The van der Waals surface area contributed by atoms with Crippen molar-refractivity contribution in [1.29, 1.82) is 0 Å². The molecule has 2 aliphatic heterocycles. The van der Waals surface area contributed by atoms with E-state index in [-0.39, 0.29) is 5.92 Å². The molecule has 0 amide bonds. The Bertz CT molecular complexity index is 1150. The van der Waals surface area contributed by atoms with Gasteiger partial charge in [-0.3, -0.25) is 0 Å². The summed E-state index contributed by atoms with van der Waals surface area (Å²) < 4.78 is 35.1. The van der Waals surface area contributed by atoms with Crippen molar-refractivity contribution in [1.82, 2.24) is 18.9 Å². The molecule has 0 spiro atoms. The summed E-state index contributed by atoms with van der Waals surface area (Å²) in [4.78, 5) is 4.64. The SMILES string of the molecule is Cc1cc2nccn2nc1C1CCN(S(=O)(=O)c2ccc3c(c2)CCO3)CC1. The van der Waals surface area contributed by atoms with Crippen LogP contribution in [0.1, 0.15) is 35.6 Å². The van der Waals surface area contributed by atoms with E-state index in [2.05, 4.69) is 4.98 Å². The second-order valence-electron chi connectivity index (χ2n) is 7.49. The Morgan fingerprint density at radius 3 is 2.82 bits per heavy atom. The first-order valence-corrected chi connectivity index (χ1v) is 11.0. The molecule has 0 N–H and O–H groups in total. The molecule has 7 nitrogen and oxygen atoms in total. The molecule has 8 heteroatoms.